The van der Waals surface area contributed by atoms with Gasteiger partial charge in [0.05, 0.1) is 18.4 Å². The van der Waals surface area contributed by atoms with E-state index in [4.69, 9.17) is 4.74 Å². The van der Waals surface area contributed by atoms with E-state index < -0.39 is 0 Å². The van der Waals surface area contributed by atoms with E-state index in [2.05, 4.69) is 10.6 Å². The summed E-state index contributed by atoms with van der Waals surface area (Å²) in [4.78, 5) is 15.1. The third-order valence-electron chi connectivity index (χ3n) is 4.81. The molecule has 138 valence electrons. The standard InChI is InChI=1S/C21H27N3O2/c1-22-14-16-7-6-12-24(15-16)21(25)19-10-3-4-11-20(19)23-17-8-5-9-18(13-17)26-2/h3-5,8-11,13,16,22-23H,6-7,12,14-15H2,1-2H3/t16-/m0/s1. The van der Waals surface area contributed by atoms with Crippen molar-refractivity contribution >= 4 is 17.3 Å². The van der Waals surface area contributed by atoms with Crippen LogP contribution in [0.25, 0.3) is 0 Å². The summed E-state index contributed by atoms with van der Waals surface area (Å²) in [5.41, 5.74) is 2.43. The number of nitrogens with zero attached hydrogens (tertiary/aromatic N) is 1. The smallest absolute Gasteiger partial charge is 0.255 e. The molecule has 0 radical (unpaired) electrons. The average Bonchev–Trinajstić information content (AvgIpc) is 2.68. The molecule has 1 fully saturated rings. The summed E-state index contributed by atoms with van der Waals surface area (Å²) in [6.07, 6.45) is 2.23. The van der Waals surface area contributed by atoms with E-state index in [9.17, 15) is 4.79 Å². The number of nitrogens with one attached hydrogen (secondary N) is 2. The number of para-hydroxylation sites is 1. The van der Waals surface area contributed by atoms with E-state index in [1.54, 1.807) is 7.11 Å². The molecule has 1 atom stereocenters. The molecule has 1 heterocycles. The van der Waals surface area contributed by atoms with Crippen molar-refractivity contribution in [3.8, 4) is 5.75 Å². The zero-order chi connectivity index (χ0) is 18.4. The van der Waals surface area contributed by atoms with Gasteiger partial charge in [0.2, 0.25) is 0 Å². The summed E-state index contributed by atoms with van der Waals surface area (Å²) < 4.78 is 5.28. The Morgan fingerprint density at radius 1 is 1.23 bits per heavy atom. The Bertz CT molecular complexity index is 746. The average molecular weight is 353 g/mol. The third kappa shape index (κ3) is 4.35. The zero-order valence-electron chi connectivity index (χ0n) is 15.5. The molecule has 1 amide bonds. The van der Waals surface area contributed by atoms with Crippen LogP contribution >= 0.6 is 0 Å². The van der Waals surface area contributed by atoms with Crippen LogP contribution in [0.1, 0.15) is 23.2 Å². The largest absolute Gasteiger partial charge is 0.497 e. The highest BCUT2D eigenvalue weighted by molar-refractivity contribution is 6.00. The number of hydrogen-bond acceptors (Lipinski definition) is 4. The lowest BCUT2D eigenvalue weighted by Gasteiger charge is -2.33. The molecule has 0 bridgehead atoms. The molecule has 0 unspecified atom stereocenters. The summed E-state index contributed by atoms with van der Waals surface area (Å²) in [5.74, 6) is 1.40. The number of carbonyl (C=O) groups excluding carboxylic acids is 1. The van der Waals surface area contributed by atoms with E-state index >= 15 is 0 Å². The fourth-order valence-electron chi connectivity index (χ4n) is 3.51. The number of piperidine rings is 1. The van der Waals surface area contributed by atoms with Gasteiger partial charge < -0.3 is 20.3 Å². The Morgan fingerprint density at radius 2 is 2.08 bits per heavy atom. The molecule has 0 aliphatic carbocycles. The second kappa shape index (κ2) is 8.72. The Hall–Kier alpha value is -2.53. The molecule has 2 N–H and O–H groups in total. The summed E-state index contributed by atoms with van der Waals surface area (Å²) in [7, 11) is 3.61. The van der Waals surface area contributed by atoms with Crippen molar-refractivity contribution in [1.29, 1.82) is 0 Å². The second-order valence-corrected chi connectivity index (χ2v) is 6.72. The first kappa shape index (κ1) is 18.3. The van der Waals surface area contributed by atoms with E-state index in [1.807, 2.05) is 60.5 Å². The van der Waals surface area contributed by atoms with E-state index in [0.29, 0.717) is 11.5 Å². The number of rotatable bonds is 6. The maximum Gasteiger partial charge on any atom is 0.255 e. The highest BCUT2D eigenvalue weighted by Crippen LogP contribution is 2.26. The fourth-order valence-corrected chi connectivity index (χ4v) is 3.51. The summed E-state index contributed by atoms with van der Waals surface area (Å²) in [6, 6.07) is 15.4. The Balaban J connectivity index is 1.78. The molecule has 1 aliphatic rings. The van der Waals surface area contributed by atoms with Gasteiger partial charge in [0.1, 0.15) is 5.75 Å². The van der Waals surface area contributed by atoms with Crippen LogP contribution in [0.4, 0.5) is 11.4 Å². The van der Waals surface area contributed by atoms with Crippen molar-refractivity contribution in [3.05, 3.63) is 54.1 Å². The first-order valence-corrected chi connectivity index (χ1v) is 9.15. The van der Waals surface area contributed by atoms with Gasteiger partial charge in [-0.05, 0) is 56.6 Å². The maximum atomic E-state index is 13.1. The predicted molar refractivity (Wildman–Crippen MR) is 105 cm³/mol. The molecule has 2 aromatic carbocycles. The number of likely N-dealkylation sites (tertiary alicyclic amines) is 1. The number of anilines is 2. The highest BCUT2D eigenvalue weighted by Gasteiger charge is 2.25. The normalized spacial score (nSPS) is 17.0. The second-order valence-electron chi connectivity index (χ2n) is 6.72. The van der Waals surface area contributed by atoms with Crippen LogP contribution in [0.3, 0.4) is 0 Å². The van der Waals surface area contributed by atoms with Gasteiger partial charge in [0, 0.05) is 24.8 Å². The number of amides is 1. The Labute approximate surface area is 155 Å². The zero-order valence-corrected chi connectivity index (χ0v) is 15.5. The minimum absolute atomic E-state index is 0.0943. The number of methoxy groups -OCH3 is 1. The van der Waals surface area contributed by atoms with Crippen molar-refractivity contribution < 1.29 is 9.53 Å². The summed E-state index contributed by atoms with van der Waals surface area (Å²) >= 11 is 0. The first-order valence-electron chi connectivity index (χ1n) is 9.15. The molecular weight excluding hydrogens is 326 g/mol. The van der Waals surface area contributed by atoms with Crippen molar-refractivity contribution in [1.82, 2.24) is 10.2 Å². The molecular formula is C21H27N3O2. The van der Waals surface area contributed by atoms with Crippen LogP contribution < -0.4 is 15.4 Å². The molecule has 0 spiro atoms. The van der Waals surface area contributed by atoms with Gasteiger partial charge in [0.25, 0.3) is 5.91 Å². The number of carbonyl (C=O) groups is 1. The molecule has 5 nitrogen and oxygen atoms in total. The van der Waals surface area contributed by atoms with Gasteiger partial charge >= 0.3 is 0 Å². The van der Waals surface area contributed by atoms with Crippen LogP contribution in [0.15, 0.2) is 48.5 Å². The van der Waals surface area contributed by atoms with Gasteiger partial charge in [-0.1, -0.05) is 18.2 Å². The highest BCUT2D eigenvalue weighted by atomic mass is 16.5. The third-order valence-corrected chi connectivity index (χ3v) is 4.81. The molecule has 0 saturated carbocycles. The van der Waals surface area contributed by atoms with E-state index in [1.165, 1.54) is 6.42 Å². The molecule has 1 aliphatic heterocycles. The van der Waals surface area contributed by atoms with Crippen molar-refractivity contribution in [2.45, 2.75) is 12.8 Å². The van der Waals surface area contributed by atoms with E-state index in [-0.39, 0.29) is 5.91 Å². The van der Waals surface area contributed by atoms with Crippen LogP contribution in [0.2, 0.25) is 0 Å². The Kier molecular flexibility index (Phi) is 6.12. The van der Waals surface area contributed by atoms with E-state index in [0.717, 1.165) is 43.2 Å². The SMILES string of the molecule is CNC[C@@H]1CCCN(C(=O)c2ccccc2Nc2cccc(OC)c2)C1. The van der Waals surface area contributed by atoms with Gasteiger partial charge in [-0.2, -0.15) is 0 Å². The number of benzene rings is 2. The quantitative estimate of drug-likeness (QED) is 0.834. The topological polar surface area (TPSA) is 53.6 Å². The predicted octanol–water partition coefficient (Wildman–Crippen LogP) is 3.51. The number of ether oxygens (including phenoxy) is 1. The van der Waals surface area contributed by atoms with Crippen LogP contribution in [-0.2, 0) is 0 Å². The van der Waals surface area contributed by atoms with Crippen molar-refractivity contribution in [3.63, 3.8) is 0 Å². The minimum Gasteiger partial charge on any atom is -0.497 e. The Morgan fingerprint density at radius 3 is 2.88 bits per heavy atom. The van der Waals surface area contributed by atoms with Crippen LogP contribution in [-0.4, -0.2) is 44.6 Å². The maximum absolute atomic E-state index is 13.1. The van der Waals surface area contributed by atoms with Crippen molar-refractivity contribution in [2.75, 3.05) is 39.1 Å². The fraction of sp³-hybridized carbons (Fsp3) is 0.381. The van der Waals surface area contributed by atoms with Gasteiger partial charge in [0.15, 0.2) is 0 Å². The molecule has 2 aromatic rings. The van der Waals surface area contributed by atoms with Crippen LogP contribution in [0.5, 0.6) is 5.75 Å². The summed E-state index contributed by atoms with van der Waals surface area (Å²) in [5, 5.41) is 6.59. The molecule has 0 aromatic heterocycles. The minimum atomic E-state index is 0.0943. The lowest BCUT2D eigenvalue weighted by atomic mass is 9.97. The molecule has 26 heavy (non-hydrogen) atoms. The van der Waals surface area contributed by atoms with Gasteiger partial charge in [-0.25, -0.2) is 0 Å². The molecule has 1 saturated heterocycles. The summed E-state index contributed by atoms with van der Waals surface area (Å²) in [6.45, 7) is 2.59. The van der Waals surface area contributed by atoms with Crippen LogP contribution in [0, 0.1) is 5.92 Å². The van der Waals surface area contributed by atoms with Gasteiger partial charge in [-0.3, -0.25) is 4.79 Å². The number of hydrogen-bond donors (Lipinski definition) is 2. The lowest BCUT2D eigenvalue weighted by Crippen LogP contribution is -2.42. The monoisotopic (exact) mass is 353 g/mol. The molecule has 3 rings (SSSR count). The van der Waals surface area contributed by atoms with Crippen molar-refractivity contribution in [2.24, 2.45) is 5.92 Å². The lowest BCUT2D eigenvalue weighted by molar-refractivity contribution is 0.0675. The first-order chi connectivity index (χ1) is 12.7. The van der Waals surface area contributed by atoms with Gasteiger partial charge in [-0.15, -0.1) is 0 Å². The molecule has 5 heteroatoms.